The molecule has 2 heterocycles. The summed E-state index contributed by atoms with van der Waals surface area (Å²) in [5.74, 6) is -0.487. The molecule has 0 bridgehead atoms. The molecular formula is C21H16N2O5. The lowest BCUT2D eigenvalue weighted by molar-refractivity contribution is 0.0728. The Bertz CT molecular complexity index is 1350. The zero-order valence-electron chi connectivity index (χ0n) is 15.3. The van der Waals surface area contributed by atoms with E-state index in [0.717, 1.165) is 10.9 Å². The van der Waals surface area contributed by atoms with Crippen LogP contribution in [0.5, 0.6) is 5.75 Å². The number of hydrogen-bond donors (Lipinski definition) is 0. The fourth-order valence-electron chi connectivity index (χ4n) is 3.12. The number of ether oxygens (including phenoxy) is 1. The van der Waals surface area contributed by atoms with E-state index >= 15 is 0 Å². The fourth-order valence-corrected chi connectivity index (χ4v) is 3.12. The molecule has 0 atom stereocenters. The van der Waals surface area contributed by atoms with E-state index in [4.69, 9.17) is 9.15 Å². The van der Waals surface area contributed by atoms with Crippen LogP contribution in [-0.4, -0.2) is 15.7 Å². The number of fused-ring (bicyclic) bond motifs is 2. The van der Waals surface area contributed by atoms with E-state index in [0.29, 0.717) is 22.9 Å². The van der Waals surface area contributed by atoms with Crippen molar-refractivity contribution < 1.29 is 13.9 Å². The lowest BCUT2D eigenvalue weighted by Gasteiger charge is -2.10. The molecule has 0 radical (unpaired) electrons. The lowest BCUT2D eigenvalue weighted by Crippen LogP contribution is -2.26. The minimum absolute atomic E-state index is 0.0443. The highest BCUT2D eigenvalue weighted by atomic mass is 16.5. The van der Waals surface area contributed by atoms with Gasteiger partial charge in [0.05, 0.1) is 5.39 Å². The van der Waals surface area contributed by atoms with Crippen LogP contribution in [0.1, 0.15) is 23.0 Å². The molecule has 2 aromatic carbocycles. The number of nitrogens with zero attached hydrogens (tertiary/aromatic N) is 2. The van der Waals surface area contributed by atoms with Crippen LogP contribution in [0.15, 0.2) is 62.5 Å². The van der Waals surface area contributed by atoms with Crippen LogP contribution >= 0.6 is 0 Å². The van der Waals surface area contributed by atoms with Gasteiger partial charge in [0.1, 0.15) is 11.3 Å². The molecule has 4 rings (SSSR count). The predicted molar refractivity (Wildman–Crippen MR) is 104 cm³/mol. The van der Waals surface area contributed by atoms with E-state index in [1.807, 2.05) is 0 Å². The summed E-state index contributed by atoms with van der Waals surface area (Å²) in [6.45, 7) is 3.89. The van der Waals surface area contributed by atoms with Crippen molar-refractivity contribution in [2.24, 2.45) is 0 Å². The van der Waals surface area contributed by atoms with Crippen molar-refractivity contribution >= 4 is 27.7 Å². The molecule has 140 valence electrons. The molecule has 0 unspecified atom stereocenters. The third-order valence-corrected chi connectivity index (χ3v) is 4.49. The average Bonchev–Trinajstić information content (AvgIpc) is 2.68. The van der Waals surface area contributed by atoms with E-state index in [1.165, 1.54) is 16.8 Å². The van der Waals surface area contributed by atoms with Gasteiger partial charge in [-0.25, -0.2) is 14.3 Å². The minimum Gasteiger partial charge on any atom is -0.423 e. The number of hydrogen-bond acceptors (Lipinski definition) is 6. The van der Waals surface area contributed by atoms with E-state index in [2.05, 4.69) is 5.10 Å². The Kier molecular flexibility index (Phi) is 4.27. The molecule has 28 heavy (non-hydrogen) atoms. The third kappa shape index (κ3) is 2.96. The molecule has 0 amide bonds. The van der Waals surface area contributed by atoms with Gasteiger partial charge in [0.2, 0.25) is 0 Å². The van der Waals surface area contributed by atoms with Gasteiger partial charge in [-0.1, -0.05) is 18.2 Å². The molecule has 4 aromatic rings. The van der Waals surface area contributed by atoms with Crippen LogP contribution in [0.4, 0.5) is 0 Å². The standard InChI is InChI=1S/C21H16N2O5/c1-3-23-20(25)16-7-5-4-6-15(16)19(22-23)21(26)27-13-8-9-14-12(2)10-18(24)28-17(14)11-13/h4-11H,3H2,1-2H3. The first-order chi connectivity index (χ1) is 13.5. The molecule has 2 aromatic heterocycles. The number of benzene rings is 2. The summed E-state index contributed by atoms with van der Waals surface area (Å²) in [6, 6.07) is 13.0. The first kappa shape index (κ1) is 17.7. The molecule has 7 heteroatoms. The maximum atomic E-state index is 12.8. The number of esters is 1. The molecule has 0 N–H and O–H groups in total. The van der Waals surface area contributed by atoms with E-state index in [9.17, 15) is 14.4 Å². The van der Waals surface area contributed by atoms with Crippen LogP contribution in [0.25, 0.3) is 21.7 Å². The third-order valence-electron chi connectivity index (χ3n) is 4.49. The molecule has 0 aliphatic rings. The Morgan fingerprint density at radius 2 is 1.82 bits per heavy atom. The largest absolute Gasteiger partial charge is 0.423 e. The lowest BCUT2D eigenvalue weighted by atomic mass is 10.1. The first-order valence-electron chi connectivity index (χ1n) is 8.74. The summed E-state index contributed by atoms with van der Waals surface area (Å²) in [5, 5.41) is 5.73. The van der Waals surface area contributed by atoms with Gasteiger partial charge in [0.15, 0.2) is 5.69 Å². The van der Waals surface area contributed by atoms with Crippen molar-refractivity contribution in [1.29, 1.82) is 0 Å². The Morgan fingerprint density at radius 3 is 2.57 bits per heavy atom. The summed E-state index contributed by atoms with van der Waals surface area (Å²) < 4.78 is 11.9. The van der Waals surface area contributed by atoms with Gasteiger partial charge in [0.25, 0.3) is 5.56 Å². The maximum absolute atomic E-state index is 12.8. The van der Waals surface area contributed by atoms with Crippen LogP contribution in [0, 0.1) is 6.92 Å². The Balaban J connectivity index is 1.79. The van der Waals surface area contributed by atoms with Crippen LogP contribution in [-0.2, 0) is 6.54 Å². The van der Waals surface area contributed by atoms with Crippen LogP contribution < -0.4 is 15.9 Å². The van der Waals surface area contributed by atoms with Crippen molar-refractivity contribution in [3.63, 3.8) is 0 Å². The van der Waals surface area contributed by atoms with Gasteiger partial charge in [-0.15, -0.1) is 0 Å². The number of carbonyl (C=O) groups is 1. The molecule has 0 aliphatic carbocycles. The van der Waals surface area contributed by atoms with Crippen molar-refractivity contribution in [3.8, 4) is 5.75 Å². The first-order valence-corrected chi connectivity index (χ1v) is 8.74. The number of aromatic nitrogens is 2. The van der Waals surface area contributed by atoms with Gasteiger partial charge in [-0.3, -0.25) is 4.79 Å². The predicted octanol–water partition coefficient (Wildman–Crippen LogP) is 3.05. The van der Waals surface area contributed by atoms with Crippen molar-refractivity contribution in [2.45, 2.75) is 20.4 Å². The van der Waals surface area contributed by atoms with E-state index < -0.39 is 11.6 Å². The van der Waals surface area contributed by atoms with Gasteiger partial charge in [-0.05, 0) is 37.6 Å². The Morgan fingerprint density at radius 1 is 1.07 bits per heavy atom. The summed E-state index contributed by atoms with van der Waals surface area (Å²) in [5.41, 5.74) is 0.398. The van der Waals surface area contributed by atoms with Crippen LogP contribution in [0.3, 0.4) is 0 Å². The number of aryl methyl sites for hydroxylation is 2. The van der Waals surface area contributed by atoms with Gasteiger partial charge < -0.3 is 9.15 Å². The topological polar surface area (TPSA) is 91.4 Å². The zero-order chi connectivity index (χ0) is 19.8. The molecule has 7 nitrogen and oxygen atoms in total. The average molecular weight is 376 g/mol. The molecular weight excluding hydrogens is 360 g/mol. The highest BCUT2D eigenvalue weighted by molar-refractivity contribution is 6.03. The number of rotatable bonds is 3. The van der Waals surface area contributed by atoms with E-state index in [1.54, 1.807) is 50.2 Å². The molecule has 0 spiro atoms. The highest BCUT2D eigenvalue weighted by Crippen LogP contribution is 2.23. The van der Waals surface area contributed by atoms with Gasteiger partial charge in [0, 0.05) is 29.4 Å². The molecule has 0 fully saturated rings. The van der Waals surface area contributed by atoms with Gasteiger partial charge in [-0.2, -0.15) is 5.10 Å². The Hall–Kier alpha value is -3.74. The van der Waals surface area contributed by atoms with Crippen molar-refractivity contribution in [2.75, 3.05) is 0 Å². The normalized spacial score (nSPS) is 11.1. The Labute approximate surface area is 158 Å². The molecule has 0 aliphatic heterocycles. The molecule has 0 saturated carbocycles. The molecule has 0 saturated heterocycles. The quantitative estimate of drug-likeness (QED) is 0.310. The smallest absolute Gasteiger partial charge is 0.364 e. The van der Waals surface area contributed by atoms with Crippen LogP contribution in [0.2, 0.25) is 0 Å². The SMILES string of the molecule is CCn1nc(C(=O)Oc2ccc3c(C)cc(=O)oc3c2)c2ccccc2c1=O. The fraction of sp³-hybridized carbons (Fsp3) is 0.143. The summed E-state index contributed by atoms with van der Waals surface area (Å²) in [7, 11) is 0. The minimum atomic E-state index is -0.701. The van der Waals surface area contributed by atoms with Gasteiger partial charge >= 0.3 is 11.6 Å². The zero-order valence-corrected chi connectivity index (χ0v) is 15.3. The van der Waals surface area contributed by atoms with E-state index in [-0.39, 0.29) is 17.0 Å². The monoisotopic (exact) mass is 376 g/mol. The second-order valence-electron chi connectivity index (χ2n) is 6.31. The summed E-state index contributed by atoms with van der Waals surface area (Å²) in [6.07, 6.45) is 0. The number of carbonyl (C=O) groups excluding carboxylic acids is 1. The van der Waals surface area contributed by atoms with Crippen molar-refractivity contribution in [3.05, 3.63) is 80.6 Å². The van der Waals surface area contributed by atoms with Crippen molar-refractivity contribution in [1.82, 2.24) is 9.78 Å². The second-order valence-corrected chi connectivity index (χ2v) is 6.31. The second kappa shape index (κ2) is 6.77. The summed E-state index contributed by atoms with van der Waals surface area (Å²) >= 11 is 0. The summed E-state index contributed by atoms with van der Waals surface area (Å²) in [4.78, 5) is 36.8. The maximum Gasteiger partial charge on any atom is 0.364 e. The highest BCUT2D eigenvalue weighted by Gasteiger charge is 2.18.